The Bertz CT molecular complexity index is 1130. The van der Waals surface area contributed by atoms with Crippen LogP contribution in [0.3, 0.4) is 0 Å². The summed E-state index contributed by atoms with van der Waals surface area (Å²) in [6, 6.07) is 10.9. The number of para-hydroxylation sites is 1. The number of sulfonamides is 1. The second kappa shape index (κ2) is 5.80. The maximum Gasteiger partial charge on any atom is 0.338 e. The lowest BCUT2D eigenvalue weighted by Crippen LogP contribution is -2.35. The third-order valence-electron chi connectivity index (χ3n) is 4.33. The molecule has 26 heavy (non-hydrogen) atoms. The standard InChI is InChI=1S/C17H15FN4O3S/c1-26(24,25)21-10-9-20(17(21)23)14-7-4-8-15-12(14)11-19-22(15)16-6-3-2-5-13(16)18/h2-8,11H,9-10H2,1H3. The number of rotatable bonds is 3. The van der Waals surface area contributed by atoms with Crippen LogP contribution in [0.25, 0.3) is 16.6 Å². The van der Waals surface area contributed by atoms with E-state index in [1.807, 2.05) is 0 Å². The fourth-order valence-corrected chi connectivity index (χ4v) is 3.93. The summed E-state index contributed by atoms with van der Waals surface area (Å²) in [6.07, 6.45) is 2.55. The van der Waals surface area contributed by atoms with Crippen LogP contribution in [-0.4, -0.2) is 47.9 Å². The second-order valence-corrected chi connectivity index (χ2v) is 7.89. The molecule has 0 spiro atoms. The summed E-state index contributed by atoms with van der Waals surface area (Å²) in [5.74, 6) is -0.414. The van der Waals surface area contributed by atoms with Crippen LogP contribution in [0.15, 0.2) is 48.7 Å². The van der Waals surface area contributed by atoms with Crippen molar-refractivity contribution >= 4 is 32.6 Å². The molecule has 3 aromatic rings. The van der Waals surface area contributed by atoms with Gasteiger partial charge in [0, 0.05) is 11.9 Å². The Morgan fingerprint density at radius 2 is 1.77 bits per heavy atom. The minimum absolute atomic E-state index is 0.0928. The molecule has 1 aromatic heterocycles. The number of urea groups is 1. The van der Waals surface area contributed by atoms with Gasteiger partial charge in [-0.15, -0.1) is 0 Å². The van der Waals surface area contributed by atoms with Crippen LogP contribution >= 0.6 is 0 Å². The van der Waals surface area contributed by atoms with E-state index in [2.05, 4.69) is 5.10 Å². The van der Waals surface area contributed by atoms with Crippen LogP contribution in [0.5, 0.6) is 0 Å². The smallest absolute Gasteiger partial charge is 0.291 e. The topological polar surface area (TPSA) is 75.5 Å². The molecule has 0 saturated carbocycles. The van der Waals surface area contributed by atoms with Crippen molar-refractivity contribution in [3.8, 4) is 5.69 Å². The third-order valence-corrected chi connectivity index (χ3v) is 5.47. The Kier molecular flexibility index (Phi) is 3.69. The van der Waals surface area contributed by atoms with Crippen molar-refractivity contribution < 1.29 is 17.6 Å². The highest BCUT2D eigenvalue weighted by molar-refractivity contribution is 7.88. The van der Waals surface area contributed by atoms with Gasteiger partial charge in [0.1, 0.15) is 11.5 Å². The highest BCUT2D eigenvalue weighted by Gasteiger charge is 2.36. The van der Waals surface area contributed by atoms with Crippen molar-refractivity contribution in [1.82, 2.24) is 14.1 Å². The van der Waals surface area contributed by atoms with Gasteiger partial charge in [0.05, 0.1) is 30.2 Å². The zero-order valence-corrected chi connectivity index (χ0v) is 14.6. The highest BCUT2D eigenvalue weighted by atomic mass is 32.2. The lowest BCUT2D eigenvalue weighted by molar-refractivity contribution is 0.239. The molecule has 9 heteroatoms. The summed E-state index contributed by atoms with van der Waals surface area (Å²) >= 11 is 0. The second-order valence-electron chi connectivity index (χ2n) is 5.99. The van der Waals surface area contributed by atoms with Crippen molar-refractivity contribution in [3.63, 3.8) is 0 Å². The fraction of sp³-hybridized carbons (Fsp3) is 0.176. The molecule has 0 N–H and O–H groups in total. The zero-order chi connectivity index (χ0) is 18.5. The van der Waals surface area contributed by atoms with Crippen molar-refractivity contribution in [1.29, 1.82) is 0 Å². The number of carbonyl (C=O) groups excluding carboxylic acids is 1. The first-order valence-corrected chi connectivity index (χ1v) is 9.73. The molecule has 4 rings (SSSR count). The molecule has 1 aliphatic rings. The first-order chi connectivity index (χ1) is 12.4. The van der Waals surface area contributed by atoms with Gasteiger partial charge in [-0.1, -0.05) is 18.2 Å². The molecule has 2 aromatic carbocycles. The fourth-order valence-electron chi connectivity index (χ4n) is 3.13. The van der Waals surface area contributed by atoms with Crippen LogP contribution in [0, 0.1) is 5.82 Å². The van der Waals surface area contributed by atoms with Crippen LogP contribution in [0.4, 0.5) is 14.9 Å². The molecule has 7 nitrogen and oxygen atoms in total. The zero-order valence-electron chi connectivity index (χ0n) is 13.8. The lowest BCUT2D eigenvalue weighted by Gasteiger charge is -2.18. The van der Waals surface area contributed by atoms with Crippen LogP contribution in [0.1, 0.15) is 0 Å². The Morgan fingerprint density at radius 1 is 1.04 bits per heavy atom. The van der Waals surface area contributed by atoms with E-state index in [1.54, 1.807) is 42.6 Å². The van der Waals surface area contributed by atoms with Gasteiger partial charge in [0.25, 0.3) is 0 Å². The van der Waals surface area contributed by atoms with Gasteiger partial charge in [-0.3, -0.25) is 4.90 Å². The molecule has 0 unspecified atom stereocenters. The first-order valence-electron chi connectivity index (χ1n) is 7.89. The maximum atomic E-state index is 14.1. The highest BCUT2D eigenvalue weighted by Crippen LogP contribution is 2.31. The third kappa shape index (κ3) is 2.51. The largest absolute Gasteiger partial charge is 0.338 e. The molecule has 0 radical (unpaired) electrons. The molecular formula is C17H15FN4O3S. The number of nitrogens with zero attached hydrogens (tertiary/aromatic N) is 4. The molecule has 1 aliphatic heterocycles. The van der Waals surface area contributed by atoms with E-state index in [-0.39, 0.29) is 13.1 Å². The van der Waals surface area contributed by atoms with Crippen molar-refractivity contribution in [2.75, 3.05) is 24.2 Å². The number of carbonyl (C=O) groups is 1. The summed E-state index contributed by atoms with van der Waals surface area (Å²) < 4.78 is 39.9. The van der Waals surface area contributed by atoms with Crippen LogP contribution < -0.4 is 4.90 Å². The van der Waals surface area contributed by atoms with Crippen molar-refractivity contribution in [2.45, 2.75) is 0 Å². The van der Waals surface area contributed by atoms with Crippen molar-refractivity contribution in [2.24, 2.45) is 0 Å². The van der Waals surface area contributed by atoms with Gasteiger partial charge in [0.15, 0.2) is 0 Å². The van der Waals surface area contributed by atoms with E-state index >= 15 is 0 Å². The van der Waals surface area contributed by atoms with E-state index in [0.717, 1.165) is 10.6 Å². The van der Waals surface area contributed by atoms with E-state index < -0.39 is 21.9 Å². The minimum Gasteiger partial charge on any atom is -0.291 e. The molecule has 0 bridgehead atoms. The predicted molar refractivity (Wildman–Crippen MR) is 95.3 cm³/mol. The van der Waals surface area contributed by atoms with Crippen LogP contribution in [0.2, 0.25) is 0 Å². The number of hydrogen-bond acceptors (Lipinski definition) is 4. The molecule has 2 heterocycles. The average molecular weight is 374 g/mol. The Balaban J connectivity index is 1.82. The molecule has 2 amide bonds. The molecule has 0 atom stereocenters. The van der Waals surface area contributed by atoms with Crippen LogP contribution in [-0.2, 0) is 10.0 Å². The predicted octanol–water partition coefficient (Wildman–Crippen LogP) is 2.37. The lowest BCUT2D eigenvalue weighted by atomic mass is 10.2. The number of halogens is 1. The maximum absolute atomic E-state index is 14.1. The van der Waals surface area contributed by atoms with Gasteiger partial charge in [-0.25, -0.2) is 26.6 Å². The summed E-state index contributed by atoms with van der Waals surface area (Å²) in [5.41, 5.74) is 1.46. The van der Waals surface area contributed by atoms with Gasteiger partial charge in [0.2, 0.25) is 10.0 Å². The van der Waals surface area contributed by atoms with Gasteiger partial charge in [-0.2, -0.15) is 5.10 Å². The van der Waals surface area contributed by atoms with E-state index in [9.17, 15) is 17.6 Å². The quantitative estimate of drug-likeness (QED) is 0.705. The van der Waals surface area contributed by atoms with Gasteiger partial charge >= 0.3 is 6.03 Å². The number of benzene rings is 2. The summed E-state index contributed by atoms with van der Waals surface area (Å²) in [7, 11) is -3.62. The Morgan fingerprint density at radius 3 is 2.46 bits per heavy atom. The Hall–Kier alpha value is -2.94. The molecule has 0 aliphatic carbocycles. The van der Waals surface area contributed by atoms with Gasteiger partial charge in [-0.05, 0) is 24.3 Å². The summed E-state index contributed by atoms with van der Waals surface area (Å²) in [4.78, 5) is 13.9. The molecule has 134 valence electrons. The average Bonchev–Trinajstić information content (AvgIpc) is 3.18. The normalized spacial score (nSPS) is 15.2. The minimum atomic E-state index is -3.62. The number of aromatic nitrogens is 2. The SMILES string of the molecule is CS(=O)(=O)N1CCN(c2cccc3c2cnn3-c2ccccc2F)C1=O. The number of hydrogen-bond donors (Lipinski definition) is 0. The van der Waals surface area contributed by atoms with Gasteiger partial charge < -0.3 is 0 Å². The Labute approximate surface area is 149 Å². The summed E-state index contributed by atoms with van der Waals surface area (Å²) in [6.45, 7) is 0.339. The van der Waals surface area contributed by atoms with E-state index in [4.69, 9.17) is 0 Å². The number of amides is 2. The van der Waals surface area contributed by atoms with E-state index in [0.29, 0.717) is 22.3 Å². The molecular weight excluding hydrogens is 359 g/mol. The monoisotopic (exact) mass is 374 g/mol. The molecule has 1 fully saturated rings. The van der Waals surface area contributed by atoms with Crippen molar-refractivity contribution in [3.05, 3.63) is 54.5 Å². The summed E-state index contributed by atoms with van der Waals surface area (Å²) in [5, 5.41) is 4.90. The first kappa shape index (κ1) is 16.5. The van der Waals surface area contributed by atoms with E-state index in [1.165, 1.54) is 15.6 Å². The molecule has 1 saturated heterocycles. The number of fused-ring (bicyclic) bond motifs is 1. The number of anilines is 1.